The molecule has 0 unspecified atom stereocenters. The van der Waals surface area contributed by atoms with E-state index < -0.39 is 0 Å². The third kappa shape index (κ3) is 7.56. The third-order valence-electron chi connectivity index (χ3n) is 2.71. The Labute approximate surface area is 121 Å². The van der Waals surface area contributed by atoms with Crippen LogP contribution in [-0.4, -0.2) is 26.2 Å². The monoisotopic (exact) mass is 280 g/mol. The molecule has 1 aromatic rings. The Kier molecular flexibility index (Phi) is 10.0. The Morgan fingerprint density at radius 1 is 0.800 bits per heavy atom. The van der Waals surface area contributed by atoms with Crippen LogP contribution in [0.5, 0.6) is 0 Å². The maximum atomic E-state index is 11.0. The zero-order valence-electron chi connectivity index (χ0n) is 12.8. The number of rotatable bonds is 6. The molecule has 112 valence electrons. The van der Waals surface area contributed by atoms with Gasteiger partial charge in [-0.2, -0.15) is 0 Å². The van der Waals surface area contributed by atoms with Crippen molar-refractivity contribution in [2.45, 2.75) is 39.5 Å². The van der Waals surface area contributed by atoms with Gasteiger partial charge in [0.05, 0.1) is 14.2 Å². The van der Waals surface area contributed by atoms with Gasteiger partial charge in [-0.3, -0.25) is 9.59 Å². The van der Waals surface area contributed by atoms with Crippen LogP contribution in [0.4, 0.5) is 0 Å². The third-order valence-corrected chi connectivity index (χ3v) is 2.71. The van der Waals surface area contributed by atoms with Crippen molar-refractivity contribution in [1.82, 2.24) is 0 Å². The second-order valence-corrected chi connectivity index (χ2v) is 3.97. The number of aryl methyl sites for hydroxylation is 2. The van der Waals surface area contributed by atoms with Gasteiger partial charge in [0.25, 0.3) is 0 Å². The van der Waals surface area contributed by atoms with Crippen LogP contribution in [-0.2, 0) is 31.9 Å². The maximum absolute atomic E-state index is 11.0. The van der Waals surface area contributed by atoms with Crippen LogP contribution in [0.3, 0.4) is 0 Å². The normalized spacial score (nSPS) is 9.20. The standard InChI is InChI=1S/C14H18O4.C2H6/c1-17-13(15)9-7-11-3-5-12(6-4-11)8-10-14(16)18-2;1-2/h3-6H,7-10H2,1-2H3;1-2H3. The van der Waals surface area contributed by atoms with Crippen LogP contribution in [0.15, 0.2) is 24.3 Å². The first-order chi connectivity index (χ1) is 9.65. The molecule has 4 heteroatoms. The SMILES string of the molecule is CC.COC(=O)CCc1ccc(CCC(=O)OC)cc1. The molecule has 20 heavy (non-hydrogen) atoms. The molecule has 0 saturated heterocycles. The minimum absolute atomic E-state index is 0.204. The van der Waals surface area contributed by atoms with Gasteiger partial charge >= 0.3 is 11.9 Å². The Balaban J connectivity index is 0.00000172. The first-order valence-corrected chi connectivity index (χ1v) is 6.87. The first kappa shape index (κ1) is 18.2. The molecule has 0 fully saturated rings. The molecule has 0 bridgehead atoms. The number of carbonyl (C=O) groups is 2. The van der Waals surface area contributed by atoms with Gasteiger partial charge in [-0.1, -0.05) is 38.1 Å². The molecule has 4 nitrogen and oxygen atoms in total. The lowest BCUT2D eigenvalue weighted by Crippen LogP contribution is -2.03. The second-order valence-electron chi connectivity index (χ2n) is 3.97. The van der Waals surface area contributed by atoms with E-state index in [1.54, 1.807) is 0 Å². The van der Waals surface area contributed by atoms with Crippen LogP contribution in [0.25, 0.3) is 0 Å². The molecule has 0 amide bonds. The Hall–Kier alpha value is -1.84. The largest absolute Gasteiger partial charge is 0.469 e. The summed E-state index contributed by atoms with van der Waals surface area (Å²) in [5.74, 6) is -0.408. The second kappa shape index (κ2) is 11.0. The van der Waals surface area contributed by atoms with Crippen molar-refractivity contribution >= 4 is 11.9 Å². The van der Waals surface area contributed by atoms with Crippen molar-refractivity contribution in [3.8, 4) is 0 Å². The predicted octanol–water partition coefficient (Wildman–Crippen LogP) is 2.92. The van der Waals surface area contributed by atoms with Gasteiger partial charge in [0.2, 0.25) is 0 Å². The molecule has 0 aromatic heterocycles. The van der Waals surface area contributed by atoms with Crippen LogP contribution in [0.1, 0.15) is 37.8 Å². The number of hydrogen-bond acceptors (Lipinski definition) is 4. The molecule has 0 atom stereocenters. The minimum Gasteiger partial charge on any atom is -0.469 e. The number of carbonyl (C=O) groups excluding carboxylic acids is 2. The van der Waals surface area contributed by atoms with E-state index in [1.807, 2.05) is 38.1 Å². The molecular weight excluding hydrogens is 256 g/mol. The highest BCUT2D eigenvalue weighted by Gasteiger charge is 2.03. The van der Waals surface area contributed by atoms with Gasteiger partial charge in [0.15, 0.2) is 0 Å². The lowest BCUT2D eigenvalue weighted by molar-refractivity contribution is -0.141. The molecule has 0 radical (unpaired) electrons. The van der Waals surface area contributed by atoms with E-state index in [2.05, 4.69) is 9.47 Å². The molecule has 0 spiro atoms. The summed E-state index contributed by atoms with van der Waals surface area (Å²) in [6.45, 7) is 4.00. The van der Waals surface area contributed by atoms with Crippen molar-refractivity contribution in [3.63, 3.8) is 0 Å². The molecule has 0 aliphatic carbocycles. The van der Waals surface area contributed by atoms with Gasteiger partial charge < -0.3 is 9.47 Å². The summed E-state index contributed by atoms with van der Waals surface area (Å²) in [6, 6.07) is 7.87. The lowest BCUT2D eigenvalue weighted by atomic mass is 10.0. The molecule has 0 aliphatic rings. The fraction of sp³-hybridized carbons (Fsp3) is 0.500. The van der Waals surface area contributed by atoms with Crippen LogP contribution >= 0.6 is 0 Å². The summed E-state index contributed by atoms with van der Waals surface area (Å²) in [5, 5.41) is 0. The number of benzene rings is 1. The first-order valence-electron chi connectivity index (χ1n) is 6.87. The lowest BCUT2D eigenvalue weighted by Gasteiger charge is -2.03. The minimum atomic E-state index is -0.204. The van der Waals surface area contributed by atoms with Crippen molar-refractivity contribution in [3.05, 3.63) is 35.4 Å². The Morgan fingerprint density at radius 3 is 1.35 bits per heavy atom. The van der Waals surface area contributed by atoms with E-state index >= 15 is 0 Å². The molecule has 0 N–H and O–H groups in total. The van der Waals surface area contributed by atoms with Crippen molar-refractivity contribution in [1.29, 1.82) is 0 Å². The van der Waals surface area contributed by atoms with Crippen LogP contribution in [0.2, 0.25) is 0 Å². The summed E-state index contributed by atoms with van der Waals surface area (Å²) < 4.78 is 9.17. The van der Waals surface area contributed by atoms with E-state index in [-0.39, 0.29) is 11.9 Å². The summed E-state index contributed by atoms with van der Waals surface area (Å²) >= 11 is 0. The molecule has 1 rings (SSSR count). The Bertz CT molecular complexity index is 356. The van der Waals surface area contributed by atoms with Crippen LogP contribution in [0, 0.1) is 0 Å². The fourth-order valence-corrected chi connectivity index (χ4v) is 1.57. The highest BCUT2D eigenvalue weighted by Crippen LogP contribution is 2.09. The smallest absolute Gasteiger partial charge is 0.305 e. The average Bonchev–Trinajstić information content (AvgIpc) is 2.53. The highest BCUT2D eigenvalue weighted by atomic mass is 16.5. The van der Waals surface area contributed by atoms with Gasteiger partial charge in [-0.05, 0) is 24.0 Å². The van der Waals surface area contributed by atoms with Crippen LogP contribution < -0.4 is 0 Å². The van der Waals surface area contributed by atoms with E-state index in [1.165, 1.54) is 14.2 Å². The van der Waals surface area contributed by atoms with Gasteiger partial charge in [0.1, 0.15) is 0 Å². The van der Waals surface area contributed by atoms with E-state index in [9.17, 15) is 9.59 Å². The average molecular weight is 280 g/mol. The van der Waals surface area contributed by atoms with E-state index in [4.69, 9.17) is 0 Å². The maximum Gasteiger partial charge on any atom is 0.305 e. The zero-order valence-corrected chi connectivity index (χ0v) is 12.8. The van der Waals surface area contributed by atoms with Gasteiger partial charge in [-0.25, -0.2) is 0 Å². The zero-order chi connectivity index (χ0) is 15.4. The Morgan fingerprint density at radius 2 is 1.10 bits per heavy atom. The highest BCUT2D eigenvalue weighted by molar-refractivity contribution is 5.70. The topological polar surface area (TPSA) is 52.6 Å². The van der Waals surface area contributed by atoms with E-state index in [0.29, 0.717) is 25.7 Å². The van der Waals surface area contributed by atoms with Crippen molar-refractivity contribution in [2.75, 3.05) is 14.2 Å². The van der Waals surface area contributed by atoms with Crippen molar-refractivity contribution < 1.29 is 19.1 Å². The number of ether oxygens (including phenoxy) is 2. The summed E-state index contributed by atoms with van der Waals surface area (Å²) in [6.07, 6.45) is 2.12. The molecule has 0 aliphatic heterocycles. The molecular formula is C16H24O4. The van der Waals surface area contributed by atoms with Crippen molar-refractivity contribution in [2.24, 2.45) is 0 Å². The number of methoxy groups -OCH3 is 2. The molecule has 0 saturated carbocycles. The predicted molar refractivity (Wildman–Crippen MR) is 78.5 cm³/mol. The van der Waals surface area contributed by atoms with Gasteiger partial charge in [-0.15, -0.1) is 0 Å². The number of esters is 2. The summed E-state index contributed by atoms with van der Waals surface area (Å²) in [5.41, 5.74) is 2.17. The molecule has 1 aromatic carbocycles. The van der Waals surface area contributed by atoms with Gasteiger partial charge in [0, 0.05) is 12.8 Å². The van der Waals surface area contributed by atoms with E-state index in [0.717, 1.165) is 11.1 Å². The fourth-order valence-electron chi connectivity index (χ4n) is 1.57. The molecule has 0 heterocycles. The number of hydrogen-bond donors (Lipinski definition) is 0. The quantitative estimate of drug-likeness (QED) is 0.752. The summed E-state index contributed by atoms with van der Waals surface area (Å²) in [7, 11) is 2.77. The summed E-state index contributed by atoms with van der Waals surface area (Å²) in [4.78, 5) is 22.0.